The van der Waals surface area contributed by atoms with Crippen LogP contribution in [0.15, 0.2) is 67.1 Å². The number of hydrogen-bond donors (Lipinski definition) is 2. The molecule has 0 aliphatic carbocycles. The van der Waals surface area contributed by atoms with Crippen LogP contribution in [0.4, 0.5) is 0 Å². The third-order valence-corrected chi connectivity index (χ3v) is 4.96. The van der Waals surface area contributed by atoms with Crippen molar-refractivity contribution >= 4 is 17.7 Å². The van der Waals surface area contributed by atoms with Crippen molar-refractivity contribution in [2.24, 2.45) is 0 Å². The Morgan fingerprint density at radius 2 is 1.66 bits per heavy atom. The molecule has 1 atom stereocenters. The second-order valence-electron chi connectivity index (χ2n) is 6.85. The first-order chi connectivity index (χ1) is 14.1. The van der Waals surface area contributed by atoms with E-state index in [0.29, 0.717) is 24.1 Å². The Bertz CT molecular complexity index is 996. The van der Waals surface area contributed by atoms with E-state index in [2.05, 4.69) is 15.3 Å². The number of aromatic amines is 1. The van der Waals surface area contributed by atoms with E-state index in [1.54, 1.807) is 36.8 Å². The Balaban J connectivity index is 1.56. The number of imide groups is 1. The molecule has 3 amide bonds. The van der Waals surface area contributed by atoms with Crippen LogP contribution < -0.4 is 5.32 Å². The van der Waals surface area contributed by atoms with E-state index in [4.69, 9.17) is 0 Å². The molecule has 0 saturated carbocycles. The van der Waals surface area contributed by atoms with Gasteiger partial charge in [0, 0.05) is 31.3 Å². The Hall–Kier alpha value is -3.74. The molecule has 0 saturated heterocycles. The topological polar surface area (TPSA) is 95.2 Å². The minimum atomic E-state index is -0.924. The van der Waals surface area contributed by atoms with E-state index in [1.165, 1.54) is 0 Å². The molecule has 3 aromatic rings. The number of H-pyrrole nitrogens is 1. The molecule has 1 aliphatic rings. The van der Waals surface area contributed by atoms with Gasteiger partial charge in [-0.05, 0) is 17.7 Å². The molecule has 0 spiro atoms. The van der Waals surface area contributed by atoms with Gasteiger partial charge in [0.2, 0.25) is 5.91 Å². The standard InChI is InChI=1S/C22H20N4O3/c27-20(24-11-10-16-13-23-14-25-16)19(12-15-6-2-1-3-7-15)26-21(28)17-8-4-5-9-18(17)22(26)29/h1-9,13-14,19H,10-12H2,(H,23,25)(H,24,27). The van der Waals surface area contributed by atoms with E-state index >= 15 is 0 Å². The van der Waals surface area contributed by atoms with E-state index < -0.39 is 17.9 Å². The number of benzene rings is 2. The molecule has 1 unspecified atom stereocenters. The summed E-state index contributed by atoms with van der Waals surface area (Å²) in [5.41, 5.74) is 2.44. The van der Waals surface area contributed by atoms with Crippen LogP contribution in [-0.4, -0.2) is 45.2 Å². The Labute approximate surface area is 167 Å². The third kappa shape index (κ3) is 3.80. The van der Waals surface area contributed by atoms with E-state index in [0.717, 1.165) is 16.2 Å². The van der Waals surface area contributed by atoms with Gasteiger partial charge < -0.3 is 10.3 Å². The lowest BCUT2D eigenvalue weighted by Gasteiger charge is -2.25. The average molecular weight is 388 g/mol. The molecular weight excluding hydrogens is 368 g/mol. The lowest BCUT2D eigenvalue weighted by molar-refractivity contribution is -0.125. The summed E-state index contributed by atoms with van der Waals surface area (Å²) >= 11 is 0. The van der Waals surface area contributed by atoms with Gasteiger partial charge >= 0.3 is 0 Å². The summed E-state index contributed by atoms with van der Waals surface area (Å²) < 4.78 is 0. The van der Waals surface area contributed by atoms with Crippen molar-refractivity contribution < 1.29 is 14.4 Å². The third-order valence-electron chi connectivity index (χ3n) is 4.96. The second kappa shape index (κ2) is 8.10. The van der Waals surface area contributed by atoms with Crippen LogP contribution in [0.5, 0.6) is 0 Å². The number of rotatable bonds is 7. The fourth-order valence-corrected chi connectivity index (χ4v) is 3.49. The van der Waals surface area contributed by atoms with Gasteiger partial charge in [-0.3, -0.25) is 19.3 Å². The van der Waals surface area contributed by atoms with Crippen LogP contribution in [0.25, 0.3) is 0 Å². The van der Waals surface area contributed by atoms with Crippen LogP contribution in [0.3, 0.4) is 0 Å². The number of imidazole rings is 1. The second-order valence-corrected chi connectivity index (χ2v) is 6.85. The van der Waals surface area contributed by atoms with E-state index in [1.807, 2.05) is 30.3 Å². The summed E-state index contributed by atoms with van der Waals surface area (Å²) in [5.74, 6) is -1.23. The Morgan fingerprint density at radius 1 is 1.00 bits per heavy atom. The van der Waals surface area contributed by atoms with Crippen LogP contribution in [0.2, 0.25) is 0 Å². The van der Waals surface area contributed by atoms with Gasteiger partial charge in [-0.2, -0.15) is 0 Å². The summed E-state index contributed by atoms with van der Waals surface area (Å²) in [7, 11) is 0. The van der Waals surface area contributed by atoms with Crippen molar-refractivity contribution in [3.63, 3.8) is 0 Å². The molecule has 1 aliphatic heterocycles. The number of hydrogen-bond acceptors (Lipinski definition) is 4. The number of nitrogens with one attached hydrogen (secondary N) is 2. The van der Waals surface area contributed by atoms with Crippen molar-refractivity contribution in [3.8, 4) is 0 Å². The monoisotopic (exact) mass is 388 g/mol. The number of nitrogens with zero attached hydrogens (tertiary/aromatic N) is 2. The smallest absolute Gasteiger partial charge is 0.262 e. The molecule has 2 heterocycles. The average Bonchev–Trinajstić information content (AvgIpc) is 3.35. The predicted octanol–water partition coefficient (Wildman–Crippen LogP) is 1.98. The largest absolute Gasteiger partial charge is 0.354 e. The minimum Gasteiger partial charge on any atom is -0.354 e. The number of carbonyl (C=O) groups excluding carboxylic acids is 3. The highest BCUT2D eigenvalue weighted by Gasteiger charge is 2.42. The zero-order valence-corrected chi connectivity index (χ0v) is 15.7. The highest BCUT2D eigenvalue weighted by molar-refractivity contribution is 6.22. The fourth-order valence-electron chi connectivity index (χ4n) is 3.49. The van der Waals surface area contributed by atoms with Gasteiger partial charge in [-0.25, -0.2) is 4.98 Å². The molecule has 1 aromatic heterocycles. The van der Waals surface area contributed by atoms with Crippen LogP contribution in [0, 0.1) is 0 Å². The highest BCUT2D eigenvalue weighted by atomic mass is 16.2. The van der Waals surface area contributed by atoms with Gasteiger partial charge in [-0.15, -0.1) is 0 Å². The summed E-state index contributed by atoms with van der Waals surface area (Å²) in [6.45, 7) is 0.371. The first kappa shape index (κ1) is 18.6. The number of aromatic nitrogens is 2. The summed E-state index contributed by atoms with van der Waals surface area (Å²) in [5, 5.41) is 2.85. The Morgan fingerprint density at radius 3 is 2.28 bits per heavy atom. The highest BCUT2D eigenvalue weighted by Crippen LogP contribution is 2.26. The normalized spacial score (nSPS) is 14.0. The van der Waals surface area contributed by atoms with Gasteiger partial charge in [0.1, 0.15) is 6.04 Å². The van der Waals surface area contributed by atoms with Crippen molar-refractivity contribution in [1.82, 2.24) is 20.2 Å². The zero-order valence-electron chi connectivity index (χ0n) is 15.7. The first-order valence-corrected chi connectivity index (χ1v) is 9.41. The number of fused-ring (bicyclic) bond motifs is 1. The van der Waals surface area contributed by atoms with Gasteiger partial charge in [0.15, 0.2) is 0 Å². The maximum atomic E-state index is 13.0. The molecular formula is C22H20N4O3. The van der Waals surface area contributed by atoms with Crippen molar-refractivity contribution in [2.45, 2.75) is 18.9 Å². The van der Waals surface area contributed by atoms with Crippen LogP contribution in [-0.2, 0) is 17.6 Å². The summed E-state index contributed by atoms with van der Waals surface area (Å²) in [6.07, 6.45) is 4.10. The van der Waals surface area contributed by atoms with E-state index in [9.17, 15) is 14.4 Å². The molecule has 29 heavy (non-hydrogen) atoms. The van der Waals surface area contributed by atoms with E-state index in [-0.39, 0.29) is 12.3 Å². The molecule has 2 aromatic carbocycles. The minimum absolute atomic E-state index is 0.252. The quantitative estimate of drug-likeness (QED) is 0.605. The fraction of sp³-hybridized carbons (Fsp3) is 0.182. The molecule has 7 nitrogen and oxygen atoms in total. The molecule has 7 heteroatoms. The van der Waals surface area contributed by atoms with Crippen molar-refractivity contribution in [3.05, 3.63) is 89.5 Å². The molecule has 0 bridgehead atoms. The first-order valence-electron chi connectivity index (χ1n) is 9.41. The molecule has 2 N–H and O–H groups in total. The summed E-state index contributed by atoms with van der Waals surface area (Å²) in [6, 6.07) is 15.1. The molecule has 0 radical (unpaired) electrons. The predicted molar refractivity (Wildman–Crippen MR) is 106 cm³/mol. The number of carbonyl (C=O) groups is 3. The maximum Gasteiger partial charge on any atom is 0.262 e. The lowest BCUT2D eigenvalue weighted by atomic mass is 10.0. The zero-order chi connectivity index (χ0) is 20.2. The maximum absolute atomic E-state index is 13.0. The molecule has 0 fully saturated rings. The number of amides is 3. The molecule has 146 valence electrons. The molecule has 4 rings (SSSR count). The van der Waals surface area contributed by atoms with Crippen LogP contribution >= 0.6 is 0 Å². The van der Waals surface area contributed by atoms with Gasteiger partial charge in [0.05, 0.1) is 17.5 Å². The van der Waals surface area contributed by atoms with Crippen molar-refractivity contribution in [1.29, 1.82) is 0 Å². The Kier molecular flexibility index (Phi) is 5.20. The lowest BCUT2D eigenvalue weighted by Crippen LogP contribution is -2.51. The van der Waals surface area contributed by atoms with Gasteiger partial charge in [0.25, 0.3) is 11.8 Å². The van der Waals surface area contributed by atoms with Crippen LogP contribution in [0.1, 0.15) is 32.0 Å². The van der Waals surface area contributed by atoms with Crippen molar-refractivity contribution in [2.75, 3.05) is 6.54 Å². The SMILES string of the molecule is O=C(NCCc1cnc[nH]1)C(Cc1ccccc1)N1C(=O)c2ccccc2C1=O. The summed E-state index contributed by atoms with van der Waals surface area (Å²) in [4.78, 5) is 46.9. The van der Waals surface area contributed by atoms with Gasteiger partial charge in [-0.1, -0.05) is 42.5 Å².